The molecule has 246 valence electrons. The highest BCUT2D eigenvalue weighted by atomic mass is 32.2. The molecule has 2 aromatic carbocycles. The SMILES string of the molecule is Cc1cc(C(=O)N[C@H]2CC[C@H](NC(=O)c3cc(F)cnc3Oc3cccc(-c4ccc(O)cc4CN4CCSCC4)c3)CC2)nn1C. The van der Waals surface area contributed by atoms with Crippen molar-refractivity contribution >= 4 is 23.6 Å². The number of amides is 2. The highest BCUT2D eigenvalue weighted by Crippen LogP contribution is 2.33. The summed E-state index contributed by atoms with van der Waals surface area (Å²) in [6.45, 7) is 4.60. The molecule has 1 saturated carbocycles. The number of ether oxygens (including phenoxy) is 1. The molecule has 6 rings (SSSR count). The number of carbonyl (C=O) groups excluding carboxylic acids is 2. The van der Waals surface area contributed by atoms with Gasteiger partial charge >= 0.3 is 0 Å². The van der Waals surface area contributed by atoms with Gasteiger partial charge in [-0.3, -0.25) is 19.2 Å². The van der Waals surface area contributed by atoms with Crippen molar-refractivity contribution in [2.45, 2.75) is 51.2 Å². The third kappa shape index (κ3) is 8.12. The Morgan fingerprint density at radius 3 is 2.43 bits per heavy atom. The molecule has 1 saturated heterocycles. The number of thioether (sulfide) groups is 1. The van der Waals surface area contributed by atoms with E-state index in [-0.39, 0.29) is 35.2 Å². The van der Waals surface area contributed by atoms with Crippen molar-refractivity contribution in [2.75, 3.05) is 24.6 Å². The summed E-state index contributed by atoms with van der Waals surface area (Å²) in [4.78, 5) is 32.5. The zero-order valence-electron chi connectivity index (χ0n) is 26.5. The van der Waals surface area contributed by atoms with Crippen LogP contribution in [0.2, 0.25) is 0 Å². The lowest BCUT2D eigenvalue weighted by Gasteiger charge is -2.29. The minimum Gasteiger partial charge on any atom is -0.508 e. The Bertz CT molecular complexity index is 1730. The van der Waals surface area contributed by atoms with Crippen molar-refractivity contribution in [2.24, 2.45) is 7.05 Å². The summed E-state index contributed by atoms with van der Waals surface area (Å²) in [7, 11) is 1.80. The van der Waals surface area contributed by atoms with Gasteiger partial charge in [0.1, 0.15) is 28.6 Å². The zero-order chi connectivity index (χ0) is 32.9. The number of phenolic OH excluding ortho intramolecular Hbond substituents is 1. The maximum Gasteiger partial charge on any atom is 0.272 e. The summed E-state index contributed by atoms with van der Waals surface area (Å²) in [6, 6.07) is 15.6. The van der Waals surface area contributed by atoms with Gasteiger partial charge in [-0.05, 0) is 85.7 Å². The van der Waals surface area contributed by atoms with Crippen LogP contribution in [0.25, 0.3) is 11.1 Å². The molecule has 0 spiro atoms. The molecule has 1 aliphatic carbocycles. The molecule has 1 aliphatic heterocycles. The minimum absolute atomic E-state index is 0.00407. The Kier molecular flexibility index (Phi) is 10.1. The van der Waals surface area contributed by atoms with Gasteiger partial charge in [-0.2, -0.15) is 16.9 Å². The summed E-state index contributed by atoms with van der Waals surface area (Å²) in [5.74, 6) is 1.52. The lowest BCUT2D eigenvalue weighted by atomic mass is 9.91. The molecule has 2 amide bonds. The number of halogens is 1. The van der Waals surface area contributed by atoms with Crippen molar-refractivity contribution in [1.82, 2.24) is 30.3 Å². The van der Waals surface area contributed by atoms with Gasteiger partial charge in [0, 0.05) is 56.0 Å². The van der Waals surface area contributed by atoms with Crippen molar-refractivity contribution < 1.29 is 23.8 Å². The Balaban J connectivity index is 1.11. The molecule has 2 aromatic heterocycles. The fourth-order valence-corrected chi connectivity index (χ4v) is 7.06. The summed E-state index contributed by atoms with van der Waals surface area (Å²) in [5.41, 5.74) is 4.16. The van der Waals surface area contributed by atoms with E-state index in [0.29, 0.717) is 37.1 Å². The topological polar surface area (TPSA) is 122 Å². The van der Waals surface area contributed by atoms with E-state index in [1.54, 1.807) is 36.0 Å². The van der Waals surface area contributed by atoms with Crippen LogP contribution in [0.1, 0.15) is 57.8 Å². The number of aromatic nitrogens is 3. The van der Waals surface area contributed by atoms with E-state index in [4.69, 9.17) is 4.74 Å². The normalized spacial score (nSPS) is 18.4. The standard InChI is InChI=1S/C35H39FN6O4S/c1-22-16-32(40-41(22)2)34(45)39-27-8-6-26(7-9-27)38-33(44)31-19-25(36)20-37-35(31)46-29-5-3-4-23(18-29)30-11-10-28(43)17-24(30)21-42-12-14-47-15-13-42/h3-5,10-11,16-20,26-27,43H,6-9,12-15,21H2,1-2H3,(H,38,44)(H,39,45)/t26-,27-. The quantitative estimate of drug-likeness (QED) is 0.217. The molecule has 2 fully saturated rings. The van der Waals surface area contributed by atoms with Crippen LogP contribution in [0.15, 0.2) is 60.8 Å². The fraction of sp³-hybridized carbons (Fsp3) is 0.371. The van der Waals surface area contributed by atoms with E-state index in [1.807, 2.05) is 43.0 Å². The van der Waals surface area contributed by atoms with Gasteiger partial charge < -0.3 is 20.5 Å². The molecule has 10 nitrogen and oxygen atoms in total. The summed E-state index contributed by atoms with van der Waals surface area (Å²) in [5, 5.41) is 20.5. The van der Waals surface area contributed by atoms with Gasteiger partial charge in [0.05, 0.1) is 6.20 Å². The van der Waals surface area contributed by atoms with Crippen LogP contribution < -0.4 is 15.4 Å². The molecule has 12 heteroatoms. The van der Waals surface area contributed by atoms with Crippen LogP contribution in [0.4, 0.5) is 4.39 Å². The number of benzene rings is 2. The first-order valence-electron chi connectivity index (χ1n) is 15.9. The average molecular weight is 659 g/mol. The number of nitrogens with zero attached hydrogens (tertiary/aromatic N) is 4. The zero-order valence-corrected chi connectivity index (χ0v) is 27.4. The minimum atomic E-state index is -0.641. The molecular formula is C35H39FN6O4S. The monoisotopic (exact) mass is 658 g/mol. The van der Waals surface area contributed by atoms with Gasteiger partial charge in [-0.15, -0.1) is 0 Å². The average Bonchev–Trinajstić information content (AvgIpc) is 3.41. The summed E-state index contributed by atoms with van der Waals surface area (Å²) >= 11 is 1.95. The van der Waals surface area contributed by atoms with Crippen molar-refractivity contribution in [3.05, 3.63) is 89.1 Å². The largest absolute Gasteiger partial charge is 0.508 e. The molecule has 0 bridgehead atoms. The molecule has 3 N–H and O–H groups in total. The molecule has 0 unspecified atom stereocenters. The second-order valence-corrected chi connectivity index (χ2v) is 13.4. The van der Waals surface area contributed by atoms with E-state index in [9.17, 15) is 19.1 Å². The smallest absolute Gasteiger partial charge is 0.272 e. The number of aromatic hydroxyl groups is 1. The number of nitrogens with one attached hydrogen (secondary N) is 2. The summed E-state index contributed by atoms with van der Waals surface area (Å²) in [6.07, 6.45) is 3.72. The molecule has 2 aliphatic rings. The number of aryl methyl sites for hydroxylation is 2. The maximum absolute atomic E-state index is 14.3. The number of rotatable bonds is 9. The van der Waals surface area contributed by atoms with Crippen LogP contribution in [0.3, 0.4) is 0 Å². The Hall–Kier alpha value is -4.42. The number of hydrogen-bond donors (Lipinski definition) is 3. The van der Waals surface area contributed by atoms with Crippen LogP contribution >= 0.6 is 11.8 Å². The lowest BCUT2D eigenvalue weighted by molar-refractivity contribution is 0.0887. The lowest BCUT2D eigenvalue weighted by Crippen LogP contribution is -2.44. The van der Waals surface area contributed by atoms with Crippen molar-refractivity contribution in [3.8, 4) is 28.5 Å². The van der Waals surface area contributed by atoms with Gasteiger partial charge in [0.15, 0.2) is 0 Å². The number of pyridine rings is 1. The highest BCUT2D eigenvalue weighted by Gasteiger charge is 2.26. The second kappa shape index (κ2) is 14.6. The van der Waals surface area contributed by atoms with Gasteiger partial charge in [0.25, 0.3) is 11.8 Å². The Labute approximate surface area is 277 Å². The first-order chi connectivity index (χ1) is 22.7. The first-order valence-corrected chi connectivity index (χ1v) is 17.1. The van der Waals surface area contributed by atoms with E-state index >= 15 is 0 Å². The van der Waals surface area contributed by atoms with E-state index in [2.05, 4.69) is 25.6 Å². The Morgan fingerprint density at radius 2 is 1.72 bits per heavy atom. The summed E-state index contributed by atoms with van der Waals surface area (Å²) < 4.78 is 22.1. The molecule has 3 heterocycles. The predicted octanol–water partition coefficient (Wildman–Crippen LogP) is 5.45. The van der Waals surface area contributed by atoms with Crippen LogP contribution in [-0.2, 0) is 13.6 Å². The molecule has 0 atom stereocenters. The van der Waals surface area contributed by atoms with E-state index < -0.39 is 11.7 Å². The molecule has 4 aromatic rings. The van der Waals surface area contributed by atoms with Crippen molar-refractivity contribution in [1.29, 1.82) is 0 Å². The Morgan fingerprint density at radius 1 is 1.00 bits per heavy atom. The molecular weight excluding hydrogens is 619 g/mol. The van der Waals surface area contributed by atoms with Crippen LogP contribution in [-0.4, -0.2) is 73.3 Å². The van der Waals surface area contributed by atoms with Crippen molar-refractivity contribution in [3.63, 3.8) is 0 Å². The van der Waals surface area contributed by atoms with E-state index in [0.717, 1.165) is 65.8 Å². The third-order valence-corrected chi connectivity index (χ3v) is 9.69. The predicted molar refractivity (Wildman–Crippen MR) is 179 cm³/mol. The maximum atomic E-state index is 14.3. The highest BCUT2D eigenvalue weighted by molar-refractivity contribution is 7.99. The van der Waals surface area contributed by atoms with Gasteiger partial charge in [-0.25, -0.2) is 9.37 Å². The molecule has 47 heavy (non-hydrogen) atoms. The van der Waals surface area contributed by atoms with Crippen LogP contribution in [0, 0.1) is 12.7 Å². The fourth-order valence-electron chi connectivity index (χ4n) is 6.08. The second-order valence-electron chi connectivity index (χ2n) is 12.2. The number of carbonyl (C=O) groups is 2. The van der Waals surface area contributed by atoms with Gasteiger partial charge in [0.2, 0.25) is 5.88 Å². The first kappa shape index (κ1) is 32.5. The van der Waals surface area contributed by atoms with Gasteiger partial charge in [-0.1, -0.05) is 18.2 Å². The number of phenols is 1. The van der Waals surface area contributed by atoms with Crippen LogP contribution in [0.5, 0.6) is 17.4 Å². The van der Waals surface area contributed by atoms with E-state index in [1.165, 1.54) is 0 Å². The molecule has 0 radical (unpaired) electrons. The third-order valence-electron chi connectivity index (χ3n) is 8.75. The number of hydrogen-bond acceptors (Lipinski definition) is 8.